The standard InChI is InChI=1S/C48H41NO2S2/c1-47(2,3)33-13-19-36(20-14-33)49(37-21-15-34(16-22-37)48(4,5)6)35-17-11-30(12-18-35)42-25-26-44(53-42)43-24-23-38(52-43)29-41-45(50)39-27-31-9-7-8-10-32(31)28-40(39)46(41)51/h7-29H,1-6H3. The molecule has 5 heteroatoms. The van der Waals surface area contributed by atoms with Crippen LogP contribution in [0.4, 0.5) is 17.1 Å². The van der Waals surface area contributed by atoms with Crippen LogP contribution in [-0.2, 0) is 10.8 Å². The molecule has 0 radical (unpaired) electrons. The Labute approximate surface area is 319 Å². The molecule has 53 heavy (non-hydrogen) atoms. The van der Waals surface area contributed by atoms with Crippen LogP contribution in [0.15, 0.2) is 139 Å². The number of fused-ring (bicyclic) bond motifs is 2. The molecule has 8 rings (SSSR count). The summed E-state index contributed by atoms with van der Waals surface area (Å²) in [5.41, 5.74) is 8.49. The minimum Gasteiger partial charge on any atom is -0.311 e. The molecule has 1 aliphatic carbocycles. The average molecular weight is 728 g/mol. The smallest absolute Gasteiger partial charge is 0.197 e. The summed E-state index contributed by atoms with van der Waals surface area (Å²) in [5.74, 6) is -0.398. The number of thiophene rings is 2. The second-order valence-electron chi connectivity index (χ2n) is 15.8. The molecule has 1 aliphatic rings. The van der Waals surface area contributed by atoms with Crippen molar-refractivity contribution in [2.75, 3.05) is 4.90 Å². The molecule has 0 amide bonds. The summed E-state index contributed by atoms with van der Waals surface area (Å²) in [6.45, 7) is 13.5. The van der Waals surface area contributed by atoms with Crippen molar-refractivity contribution >= 4 is 68.2 Å². The van der Waals surface area contributed by atoms with E-state index in [9.17, 15) is 9.59 Å². The van der Waals surface area contributed by atoms with Crippen molar-refractivity contribution in [3.05, 3.63) is 166 Å². The largest absolute Gasteiger partial charge is 0.311 e. The number of Topliss-reactive ketones (excluding diaryl/α,β-unsaturated/α-hetero) is 2. The predicted molar refractivity (Wildman–Crippen MR) is 226 cm³/mol. The van der Waals surface area contributed by atoms with Crippen LogP contribution in [0.3, 0.4) is 0 Å². The Morgan fingerprint density at radius 2 is 0.925 bits per heavy atom. The van der Waals surface area contributed by atoms with Crippen LogP contribution in [0.25, 0.3) is 37.0 Å². The van der Waals surface area contributed by atoms with Crippen molar-refractivity contribution in [1.82, 2.24) is 0 Å². The van der Waals surface area contributed by atoms with E-state index in [0.717, 1.165) is 48.0 Å². The first-order chi connectivity index (χ1) is 25.3. The number of ketones is 2. The normalized spacial score (nSPS) is 13.1. The van der Waals surface area contributed by atoms with E-state index >= 15 is 0 Å². The van der Waals surface area contributed by atoms with Crippen molar-refractivity contribution in [2.45, 2.75) is 52.4 Å². The van der Waals surface area contributed by atoms with Crippen molar-refractivity contribution in [2.24, 2.45) is 0 Å². The lowest BCUT2D eigenvalue weighted by Crippen LogP contribution is -2.14. The highest BCUT2D eigenvalue weighted by molar-refractivity contribution is 7.24. The number of hydrogen-bond donors (Lipinski definition) is 0. The Balaban J connectivity index is 1.05. The number of rotatable bonds is 6. The van der Waals surface area contributed by atoms with Crippen LogP contribution in [0.5, 0.6) is 0 Å². The lowest BCUT2D eigenvalue weighted by Gasteiger charge is -2.28. The summed E-state index contributed by atoms with van der Waals surface area (Å²) in [7, 11) is 0. The Kier molecular flexibility index (Phi) is 8.68. The van der Waals surface area contributed by atoms with Gasteiger partial charge in [-0.1, -0.05) is 102 Å². The fraction of sp³-hybridized carbons (Fsp3) is 0.167. The fourth-order valence-corrected chi connectivity index (χ4v) is 8.97. The van der Waals surface area contributed by atoms with Gasteiger partial charge in [0.1, 0.15) is 0 Å². The van der Waals surface area contributed by atoms with Gasteiger partial charge in [0, 0.05) is 47.7 Å². The topological polar surface area (TPSA) is 37.4 Å². The Morgan fingerprint density at radius 3 is 1.42 bits per heavy atom. The maximum absolute atomic E-state index is 13.3. The highest BCUT2D eigenvalue weighted by atomic mass is 32.1. The number of carbonyl (C=O) groups is 2. The SMILES string of the molecule is CC(C)(C)c1ccc(N(c2ccc(-c3ccc(-c4ccc(C=C5C(=O)c6cc7ccccc7cc6C5=O)s4)s3)cc2)c2ccc(C(C)(C)C)cc2)cc1. The molecule has 0 atom stereocenters. The van der Waals surface area contributed by atoms with Crippen LogP contribution < -0.4 is 4.90 Å². The van der Waals surface area contributed by atoms with Gasteiger partial charge in [-0.2, -0.15) is 0 Å². The van der Waals surface area contributed by atoms with Crippen LogP contribution >= 0.6 is 22.7 Å². The van der Waals surface area contributed by atoms with Gasteiger partial charge in [0.15, 0.2) is 11.6 Å². The van der Waals surface area contributed by atoms with Gasteiger partial charge in [-0.05, 0) is 117 Å². The first-order valence-electron chi connectivity index (χ1n) is 18.0. The summed E-state index contributed by atoms with van der Waals surface area (Å²) >= 11 is 3.34. The minimum absolute atomic E-state index is 0.0807. The van der Waals surface area contributed by atoms with Gasteiger partial charge in [-0.25, -0.2) is 0 Å². The quantitative estimate of drug-likeness (QED) is 0.126. The summed E-state index contributed by atoms with van der Waals surface area (Å²) in [4.78, 5) is 33.3. The van der Waals surface area contributed by atoms with Gasteiger partial charge in [0.25, 0.3) is 0 Å². The molecule has 2 heterocycles. The van der Waals surface area contributed by atoms with Crippen LogP contribution in [0, 0.1) is 0 Å². The molecule has 0 aliphatic heterocycles. The molecule has 3 nitrogen and oxygen atoms in total. The number of benzene rings is 5. The number of anilines is 3. The Hall–Kier alpha value is -5.36. The third kappa shape index (κ3) is 6.72. The molecule has 5 aromatic carbocycles. The second kappa shape index (κ2) is 13.2. The third-order valence-electron chi connectivity index (χ3n) is 10.0. The Bertz CT molecular complexity index is 2420. The van der Waals surface area contributed by atoms with Gasteiger partial charge in [-0.3, -0.25) is 9.59 Å². The van der Waals surface area contributed by atoms with E-state index in [4.69, 9.17) is 0 Å². The van der Waals surface area contributed by atoms with Crippen LogP contribution in [0.1, 0.15) is 78.3 Å². The molecule has 0 fully saturated rings. The van der Waals surface area contributed by atoms with E-state index in [-0.39, 0.29) is 28.0 Å². The van der Waals surface area contributed by atoms with E-state index in [2.05, 4.69) is 137 Å². The fourth-order valence-electron chi connectivity index (χ4n) is 6.91. The van der Waals surface area contributed by atoms with Gasteiger partial charge in [0.05, 0.1) is 5.57 Å². The number of nitrogens with zero attached hydrogens (tertiary/aromatic N) is 1. The van der Waals surface area contributed by atoms with Crippen molar-refractivity contribution in [3.8, 4) is 20.2 Å². The van der Waals surface area contributed by atoms with Crippen molar-refractivity contribution < 1.29 is 9.59 Å². The molecule has 0 N–H and O–H groups in total. The summed E-state index contributed by atoms with van der Waals surface area (Å²) < 4.78 is 0. The molecule has 0 saturated heterocycles. The summed E-state index contributed by atoms with van der Waals surface area (Å²) in [5, 5.41) is 1.92. The van der Waals surface area contributed by atoms with Crippen molar-refractivity contribution in [3.63, 3.8) is 0 Å². The van der Waals surface area contributed by atoms with E-state index in [1.54, 1.807) is 28.7 Å². The van der Waals surface area contributed by atoms with E-state index in [1.165, 1.54) is 16.0 Å². The molecule has 262 valence electrons. The van der Waals surface area contributed by atoms with Gasteiger partial charge < -0.3 is 4.90 Å². The first kappa shape index (κ1) is 34.7. The molecular formula is C48H41NO2S2. The number of carbonyl (C=O) groups excluding carboxylic acids is 2. The molecule has 2 aromatic heterocycles. The van der Waals surface area contributed by atoms with Crippen LogP contribution in [0.2, 0.25) is 0 Å². The zero-order valence-electron chi connectivity index (χ0n) is 30.9. The number of allylic oxidation sites excluding steroid dienone is 1. The molecule has 0 bridgehead atoms. The molecule has 0 saturated carbocycles. The lowest BCUT2D eigenvalue weighted by atomic mass is 9.86. The molecule has 0 spiro atoms. The monoisotopic (exact) mass is 727 g/mol. The van der Waals surface area contributed by atoms with Crippen LogP contribution in [-0.4, -0.2) is 11.6 Å². The summed E-state index contributed by atoms with van der Waals surface area (Å²) in [6.07, 6.45) is 1.76. The maximum Gasteiger partial charge on any atom is 0.197 e. The highest BCUT2D eigenvalue weighted by Crippen LogP contribution is 2.42. The highest BCUT2D eigenvalue weighted by Gasteiger charge is 2.33. The zero-order valence-corrected chi connectivity index (χ0v) is 32.5. The second-order valence-corrected chi connectivity index (χ2v) is 18.0. The van der Waals surface area contributed by atoms with Gasteiger partial charge in [0.2, 0.25) is 0 Å². The summed E-state index contributed by atoms with van der Waals surface area (Å²) in [6, 6.07) is 46.6. The maximum atomic E-state index is 13.3. The number of hydrogen-bond acceptors (Lipinski definition) is 5. The first-order valence-corrected chi connectivity index (χ1v) is 19.6. The van der Waals surface area contributed by atoms with Gasteiger partial charge >= 0.3 is 0 Å². The van der Waals surface area contributed by atoms with E-state index in [1.807, 2.05) is 42.5 Å². The van der Waals surface area contributed by atoms with E-state index in [0.29, 0.717) is 11.1 Å². The van der Waals surface area contributed by atoms with Crippen molar-refractivity contribution in [1.29, 1.82) is 0 Å². The molecular weight excluding hydrogens is 687 g/mol. The Morgan fingerprint density at radius 1 is 0.491 bits per heavy atom. The third-order valence-corrected chi connectivity index (χ3v) is 12.4. The molecule has 7 aromatic rings. The van der Waals surface area contributed by atoms with Gasteiger partial charge in [-0.15, -0.1) is 22.7 Å². The predicted octanol–water partition coefficient (Wildman–Crippen LogP) is 13.8. The lowest BCUT2D eigenvalue weighted by molar-refractivity contribution is 0.0990. The molecule has 0 unspecified atom stereocenters. The van der Waals surface area contributed by atoms with E-state index < -0.39 is 0 Å². The average Bonchev–Trinajstić information content (AvgIpc) is 3.88. The zero-order chi connectivity index (χ0) is 37.1. The minimum atomic E-state index is -0.199.